The first-order valence-electron chi connectivity index (χ1n) is 7.46. The number of thioether (sulfide) groups is 1. The topological polar surface area (TPSA) is 26.3 Å². The Morgan fingerprint density at radius 2 is 1.68 bits per heavy atom. The second-order valence-electron chi connectivity index (χ2n) is 5.92. The summed E-state index contributed by atoms with van der Waals surface area (Å²) in [5, 5.41) is 1.13. The van der Waals surface area contributed by atoms with Gasteiger partial charge in [-0.3, -0.25) is 4.79 Å². The Morgan fingerprint density at radius 3 is 2.23 bits per heavy atom. The lowest BCUT2D eigenvalue weighted by molar-refractivity contribution is -0.274. The molecule has 2 unspecified atom stereocenters. The van der Waals surface area contributed by atoms with E-state index in [0.717, 1.165) is 12.8 Å². The largest absolute Gasteiger partial charge is 0.573 e. The monoisotopic (exact) mass is 330 g/mol. The van der Waals surface area contributed by atoms with E-state index in [4.69, 9.17) is 0 Å². The highest BCUT2D eigenvalue weighted by Gasteiger charge is 2.36. The van der Waals surface area contributed by atoms with Crippen molar-refractivity contribution in [3.05, 3.63) is 29.8 Å². The Bertz CT molecular complexity index is 529. The number of hydrogen-bond acceptors (Lipinski definition) is 3. The lowest BCUT2D eigenvalue weighted by Crippen LogP contribution is -2.32. The van der Waals surface area contributed by atoms with Gasteiger partial charge in [-0.05, 0) is 49.9 Å². The second kappa shape index (κ2) is 6.14. The number of halogens is 3. The first-order chi connectivity index (χ1) is 10.4. The van der Waals surface area contributed by atoms with Crippen molar-refractivity contribution < 1.29 is 22.7 Å². The quantitative estimate of drug-likeness (QED) is 0.742. The van der Waals surface area contributed by atoms with Gasteiger partial charge in [-0.15, -0.1) is 13.2 Å². The minimum Gasteiger partial charge on any atom is -0.406 e. The number of rotatable bonds is 3. The summed E-state index contributed by atoms with van der Waals surface area (Å²) < 4.78 is 40.2. The molecular weight excluding hydrogens is 313 g/mol. The third-order valence-electron chi connectivity index (χ3n) is 4.28. The van der Waals surface area contributed by atoms with Crippen molar-refractivity contribution in [2.24, 2.45) is 5.92 Å². The summed E-state index contributed by atoms with van der Waals surface area (Å²) >= 11 is 2.00. The zero-order chi connectivity index (χ0) is 15.7. The molecule has 2 nitrogen and oxygen atoms in total. The van der Waals surface area contributed by atoms with E-state index in [1.807, 2.05) is 11.8 Å². The number of carbonyl (C=O) groups excluding carboxylic acids is 1. The molecule has 22 heavy (non-hydrogen) atoms. The van der Waals surface area contributed by atoms with Crippen LogP contribution in [0.4, 0.5) is 13.2 Å². The average Bonchev–Trinajstić information content (AvgIpc) is 2.45. The van der Waals surface area contributed by atoms with Crippen molar-refractivity contribution in [3.63, 3.8) is 0 Å². The molecule has 2 saturated heterocycles. The predicted octanol–water partition coefficient (Wildman–Crippen LogP) is 4.83. The molecule has 120 valence electrons. The number of ether oxygens (including phenoxy) is 1. The third kappa shape index (κ3) is 3.77. The van der Waals surface area contributed by atoms with Crippen LogP contribution in [0.15, 0.2) is 24.3 Å². The van der Waals surface area contributed by atoms with Crippen LogP contribution in [0.2, 0.25) is 0 Å². The zero-order valence-electron chi connectivity index (χ0n) is 11.9. The summed E-state index contributed by atoms with van der Waals surface area (Å²) in [5.41, 5.74) is 0.476. The molecule has 0 radical (unpaired) electrons. The van der Waals surface area contributed by atoms with Gasteiger partial charge >= 0.3 is 6.36 Å². The number of Topliss-reactive ketones (excluding diaryl/α,β-unsaturated/α-hetero) is 1. The van der Waals surface area contributed by atoms with Crippen molar-refractivity contribution in [2.75, 3.05) is 0 Å². The van der Waals surface area contributed by atoms with E-state index in [2.05, 4.69) is 4.74 Å². The maximum absolute atomic E-state index is 12.6. The molecule has 2 atom stereocenters. The minimum absolute atomic E-state index is 0.00549. The molecule has 2 aliphatic heterocycles. The van der Waals surface area contributed by atoms with E-state index in [-0.39, 0.29) is 17.5 Å². The van der Waals surface area contributed by atoms with Gasteiger partial charge in [0.05, 0.1) is 0 Å². The molecule has 2 heterocycles. The van der Waals surface area contributed by atoms with Crippen LogP contribution in [0.1, 0.15) is 42.5 Å². The van der Waals surface area contributed by atoms with Gasteiger partial charge in [0.2, 0.25) is 0 Å². The number of hydrogen-bond donors (Lipinski definition) is 0. The number of ketones is 1. The molecule has 6 heteroatoms. The molecule has 0 aliphatic carbocycles. The van der Waals surface area contributed by atoms with Crippen molar-refractivity contribution in [2.45, 2.75) is 49.0 Å². The minimum atomic E-state index is -4.70. The fourth-order valence-electron chi connectivity index (χ4n) is 3.33. The van der Waals surface area contributed by atoms with E-state index in [9.17, 15) is 18.0 Å². The van der Waals surface area contributed by atoms with E-state index < -0.39 is 6.36 Å². The highest BCUT2D eigenvalue weighted by molar-refractivity contribution is 8.00. The van der Waals surface area contributed by atoms with Gasteiger partial charge in [0, 0.05) is 22.0 Å². The van der Waals surface area contributed by atoms with Crippen molar-refractivity contribution in [3.8, 4) is 5.75 Å². The molecule has 0 saturated carbocycles. The Morgan fingerprint density at radius 1 is 1.09 bits per heavy atom. The van der Waals surface area contributed by atoms with Crippen LogP contribution >= 0.6 is 11.8 Å². The fraction of sp³-hybridized carbons (Fsp3) is 0.562. The Hall–Kier alpha value is -1.17. The molecule has 2 fully saturated rings. The number of fused-ring (bicyclic) bond motifs is 2. The Balaban J connectivity index is 1.67. The SMILES string of the molecule is O=C(c1ccc(OC(F)(F)F)cc1)C1CC2CCCC(C1)S2. The van der Waals surface area contributed by atoms with Gasteiger partial charge in [0.25, 0.3) is 0 Å². The number of alkyl halides is 3. The summed E-state index contributed by atoms with van der Waals surface area (Å²) in [6.45, 7) is 0. The average molecular weight is 330 g/mol. The Kier molecular flexibility index (Phi) is 4.39. The van der Waals surface area contributed by atoms with Gasteiger partial charge in [-0.1, -0.05) is 6.42 Å². The molecule has 2 aliphatic rings. The van der Waals surface area contributed by atoms with E-state index in [1.54, 1.807) is 0 Å². The highest BCUT2D eigenvalue weighted by Crippen LogP contribution is 2.44. The maximum Gasteiger partial charge on any atom is 0.573 e. The Labute approximate surface area is 131 Å². The van der Waals surface area contributed by atoms with Crippen LogP contribution in [0, 0.1) is 5.92 Å². The van der Waals surface area contributed by atoms with Crippen LogP contribution in [-0.2, 0) is 0 Å². The van der Waals surface area contributed by atoms with Gasteiger partial charge < -0.3 is 4.74 Å². The van der Waals surface area contributed by atoms with Gasteiger partial charge in [0.1, 0.15) is 5.75 Å². The van der Waals surface area contributed by atoms with Crippen molar-refractivity contribution in [1.82, 2.24) is 0 Å². The molecule has 3 rings (SSSR count). The molecule has 0 aromatic heterocycles. The standard InChI is InChI=1S/C16H17F3O2S/c17-16(18,19)21-12-6-4-10(5-7-12)15(20)11-8-13-2-1-3-14(9-11)22-13/h4-7,11,13-14H,1-3,8-9H2. The van der Waals surface area contributed by atoms with Crippen LogP contribution in [0.5, 0.6) is 5.75 Å². The first kappa shape index (κ1) is 15.7. The van der Waals surface area contributed by atoms with Crippen molar-refractivity contribution >= 4 is 17.5 Å². The molecule has 0 amide bonds. The molecule has 2 bridgehead atoms. The van der Waals surface area contributed by atoms with Crippen LogP contribution in [0.3, 0.4) is 0 Å². The van der Waals surface area contributed by atoms with Crippen LogP contribution in [0.25, 0.3) is 0 Å². The number of benzene rings is 1. The first-order valence-corrected chi connectivity index (χ1v) is 8.40. The van der Waals surface area contributed by atoms with Crippen LogP contribution in [-0.4, -0.2) is 22.6 Å². The van der Waals surface area contributed by atoms with E-state index in [0.29, 0.717) is 16.1 Å². The molecule has 1 aromatic carbocycles. The van der Waals surface area contributed by atoms with Gasteiger partial charge in [-0.25, -0.2) is 0 Å². The van der Waals surface area contributed by atoms with Crippen molar-refractivity contribution in [1.29, 1.82) is 0 Å². The summed E-state index contributed by atoms with van der Waals surface area (Å²) in [4.78, 5) is 12.6. The second-order valence-corrected chi connectivity index (χ2v) is 7.52. The molecule has 0 spiro atoms. The summed E-state index contributed by atoms with van der Waals surface area (Å²) in [6.07, 6.45) is 0.657. The summed E-state index contributed by atoms with van der Waals surface area (Å²) in [7, 11) is 0. The smallest absolute Gasteiger partial charge is 0.406 e. The zero-order valence-corrected chi connectivity index (χ0v) is 12.8. The molecule has 0 N–H and O–H groups in total. The molecule has 1 aromatic rings. The normalized spacial score (nSPS) is 28.2. The number of carbonyl (C=O) groups is 1. The third-order valence-corrected chi connectivity index (χ3v) is 5.90. The summed E-state index contributed by atoms with van der Waals surface area (Å²) in [5.74, 6) is -0.234. The molecular formula is C16H17F3O2S. The lowest BCUT2D eigenvalue weighted by atomic mass is 9.84. The lowest BCUT2D eigenvalue weighted by Gasteiger charge is -2.37. The van der Waals surface area contributed by atoms with E-state index in [1.165, 1.54) is 43.5 Å². The fourth-order valence-corrected chi connectivity index (χ4v) is 5.17. The highest BCUT2D eigenvalue weighted by atomic mass is 32.2. The predicted molar refractivity (Wildman–Crippen MR) is 79.2 cm³/mol. The maximum atomic E-state index is 12.6. The van der Waals surface area contributed by atoms with Gasteiger partial charge in [0.15, 0.2) is 5.78 Å². The summed E-state index contributed by atoms with van der Waals surface area (Å²) in [6, 6.07) is 5.28. The van der Waals surface area contributed by atoms with E-state index >= 15 is 0 Å². The van der Waals surface area contributed by atoms with Crippen LogP contribution < -0.4 is 4.74 Å². The van der Waals surface area contributed by atoms with Gasteiger partial charge in [-0.2, -0.15) is 11.8 Å².